The highest BCUT2D eigenvalue weighted by Gasteiger charge is 2.24. The molecule has 140 valence electrons. The van der Waals surface area contributed by atoms with E-state index in [1.54, 1.807) is 4.57 Å². The van der Waals surface area contributed by atoms with Gasteiger partial charge < -0.3 is 14.6 Å². The van der Waals surface area contributed by atoms with Crippen LogP contribution in [0.15, 0.2) is 17.1 Å². The van der Waals surface area contributed by atoms with E-state index >= 15 is 0 Å². The van der Waals surface area contributed by atoms with Gasteiger partial charge in [-0.15, -0.1) is 0 Å². The monoisotopic (exact) mass is 362 g/mol. The van der Waals surface area contributed by atoms with Crippen LogP contribution in [0.2, 0.25) is 0 Å². The summed E-state index contributed by atoms with van der Waals surface area (Å²) in [6, 6.07) is 1.55. The second-order valence-corrected chi connectivity index (χ2v) is 6.74. The zero-order chi connectivity index (χ0) is 19.0. The molecule has 1 N–H and O–H groups in total. The molecule has 1 aliphatic rings. The summed E-state index contributed by atoms with van der Waals surface area (Å²) in [5.74, 6) is -1.71. The highest BCUT2D eigenvalue weighted by Crippen LogP contribution is 2.23. The van der Waals surface area contributed by atoms with E-state index in [4.69, 9.17) is 0 Å². The normalized spacial score (nSPS) is 15.8. The average Bonchev–Trinajstić information content (AvgIpc) is 2.62. The van der Waals surface area contributed by atoms with Crippen LogP contribution in [0.1, 0.15) is 31.1 Å². The van der Waals surface area contributed by atoms with Crippen molar-refractivity contribution in [3.63, 3.8) is 0 Å². The van der Waals surface area contributed by atoms with Gasteiger partial charge in [0.25, 0.3) is 0 Å². The number of pyridine rings is 2. The van der Waals surface area contributed by atoms with Gasteiger partial charge in [0.15, 0.2) is 11.6 Å². The molecule has 2 aromatic rings. The highest BCUT2D eigenvalue weighted by molar-refractivity contribution is 5.92. The predicted molar refractivity (Wildman–Crippen MR) is 97.5 cm³/mol. The molecule has 3 heterocycles. The minimum Gasteiger partial charge on any atom is -0.477 e. The van der Waals surface area contributed by atoms with Gasteiger partial charge in [0, 0.05) is 45.0 Å². The molecule has 26 heavy (non-hydrogen) atoms. The minimum atomic E-state index is -1.33. The zero-order valence-corrected chi connectivity index (χ0v) is 15.2. The van der Waals surface area contributed by atoms with Crippen molar-refractivity contribution in [2.24, 2.45) is 0 Å². The van der Waals surface area contributed by atoms with E-state index in [1.807, 2.05) is 11.8 Å². The number of rotatable bonds is 4. The molecule has 1 saturated heterocycles. The molecular formula is C18H23FN4O3. The number of hydrogen-bond donors (Lipinski definition) is 1. The quantitative estimate of drug-likeness (QED) is 0.893. The lowest BCUT2D eigenvalue weighted by atomic mass is 10.1. The fourth-order valence-corrected chi connectivity index (χ4v) is 3.34. The topological polar surface area (TPSA) is 78.7 Å². The van der Waals surface area contributed by atoms with Crippen LogP contribution in [-0.2, 0) is 6.54 Å². The van der Waals surface area contributed by atoms with E-state index in [2.05, 4.69) is 23.7 Å². The molecule has 0 saturated carbocycles. The number of nitrogens with zero attached hydrogens (tertiary/aromatic N) is 4. The molecule has 2 aromatic heterocycles. The van der Waals surface area contributed by atoms with Crippen LogP contribution in [0, 0.1) is 5.82 Å². The first-order chi connectivity index (χ1) is 12.3. The number of carboxylic acids is 1. The second kappa shape index (κ2) is 7.03. The summed E-state index contributed by atoms with van der Waals surface area (Å²) in [6.45, 7) is 9.44. The third-order valence-electron chi connectivity index (χ3n) is 4.90. The zero-order valence-electron chi connectivity index (χ0n) is 15.2. The fourth-order valence-electron chi connectivity index (χ4n) is 3.34. The number of carbonyl (C=O) groups is 1. The molecule has 7 nitrogen and oxygen atoms in total. The summed E-state index contributed by atoms with van der Waals surface area (Å²) >= 11 is 0. The van der Waals surface area contributed by atoms with Gasteiger partial charge >= 0.3 is 5.97 Å². The van der Waals surface area contributed by atoms with E-state index in [0.717, 1.165) is 19.2 Å². The Bertz CT molecular complexity index is 901. The van der Waals surface area contributed by atoms with Crippen molar-refractivity contribution < 1.29 is 14.3 Å². The molecule has 0 unspecified atom stereocenters. The Morgan fingerprint density at radius 2 is 1.96 bits per heavy atom. The highest BCUT2D eigenvalue weighted by atomic mass is 19.1. The molecule has 1 fully saturated rings. The van der Waals surface area contributed by atoms with E-state index in [9.17, 15) is 19.1 Å². The molecule has 0 amide bonds. The van der Waals surface area contributed by atoms with Crippen LogP contribution < -0.4 is 10.3 Å². The van der Waals surface area contributed by atoms with E-state index in [-0.39, 0.29) is 16.8 Å². The minimum absolute atomic E-state index is 0.00573. The molecule has 0 radical (unpaired) electrons. The number of carboxylic acid groups (broad SMARTS) is 1. The number of fused-ring (bicyclic) bond motifs is 1. The van der Waals surface area contributed by atoms with Gasteiger partial charge in [-0.25, -0.2) is 14.2 Å². The van der Waals surface area contributed by atoms with Crippen LogP contribution in [0.3, 0.4) is 0 Å². The largest absolute Gasteiger partial charge is 0.477 e. The first-order valence-electron chi connectivity index (χ1n) is 8.79. The predicted octanol–water partition coefficient (Wildman–Crippen LogP) is 1.78. The summed E-state index contributed by atoms with van der Waals surface area (Å²) in [5, 5.41) is 9.20. The molecule has 0 bridgehead atoms. The Morgan fingerprint density at radius 3 is 2.50 bits per heavy atom. The second-order valence-electron chi connectivity index (χ2n) is 6.74. The number of halogens is 1. The standard InChI is InChI=1S/C18H23FN4O3/c1-4-21-10-13(18(25)26)15(24)12-9-14(19)17(20-16(12)21)23-7-5-22(6-8-23)11(2)3/h9-11H,4-8H2,1-3H3,(H,25,26). The van der Waals surface area contributed by atoms with Crippen molar-refractivity contribution in [3.8, 4) is 0 Å². The van der Waals surface area contributed by atoms with Crippen molar-refractivity contribution >= 4 is 22.8 Å². The summed E-state index contributed by atoms with van der Waals surface area (Å²) < 4.78 is 16.3. The lowest BCUT2D eigenvalue weighted by Gasteiger charge is -2.37. The Labute approximate surface area is 150 Å². The SMILES string of the molecule is CCn1cc(C(=O)O)c(=O)c2cc(F)c(N3CCN(C(C)C)CC3)nc21. The van der Waals surface area contributed by atoms with Gasteiger partial charge in [0.2, 0.25) is 5.43 Å². The maximum Gasteiger partial charge on any atom is 0.341 e. The fraction of sp³-hybridized carbons (Fsp3) is 0.500. The number of piperazine rings is 1. The Balaban J connectivity index is 2.07. The lowest BCUT2D eigenvalue weighted by molar-refractivity contribution is 0.0695. The maximum atomic E-state index is 14.7. The van der Waals surface area contributed by atoms with Crippen LogP contribution in [0.5, 0.6) is 0 Å². The number of anilines is 1. The van der Waals surface area contributed by atoms with Gasteiger partial charge in [-0.1, -0.05) is 0 Å². The van der Waals surface area contributed by atoms with Crippen molar-refractivity contribution in [2.75, 3.05) is 31.1 Å². The number of aromatic nitrogens is 2. The number of aromatic carboxylic acids is 1. The lowest BCUT2D eigenvalue weighted by Crippen LogP contribution is -2.49. The molecule has 1 aliphatic heterocycles. The van der Waals surface area contributed by atoms with E-state index in [1.165, 1.54) is 6.20 Å². The number of hydrogen-bond acceptors (Lipinski definition) is 5. The average molecular weight is 362 g/mol. The molecule has 8 heteroatoms. The van der Waals surface area contributed by atoms with Crippen LogP contribution in [0.4, 0.5) is 10.2 Å². The third-order valence-corrected chi connectivity index (χ3v) is 4.90. The van der Waals surface area contributed by atoms with Gasteiger partial charge in [-0.05, 0) is 26.8 Å². The number of aryl methyl sites for hydroxylation is 1. The molecule has 0 atom stereocenters. The Kier molecular flexibility index (Phi) is 4.95. The Hall–Kier alpha value is -2.48. The summed E-state index contributed by atoms with van der Waals surface area (Å²) in [4.78, 5) is 32.2. The maximum absolute atomic E-state index is 14.7. The first kappa shape index (κ1) is 18.3. The van der Waals surface area contributed by atoms with Crippen LogP contribution >= 0.6 is 0 Å². The van der Waals surface area contributed by atoms with Gasteiger partial charge in [0.1, 0.15) is 11.2 Å². The van der Waals surface area contributed by atoms with Gasteiger partial charge in [-0.2, -0.15) is 0 Å². The van der Waals surface area contributed by atoms with Crippen molar-refractivity contribution in [1.29, 1.82) is 0 Å². The summed E-state index contributed by atoms with van der Waals surface area (Å²) in [6.07, 6.45) is 1.28. The van der Waals surface area contributed by atoms with Crippen LogP contribution in [0.25, 0.3) is 11.0 Å². The van der Waals surface area contributed by atoms with Crippen molar-refractivity contribution in [2.45, 2.75) is 33.4 Å². The molecule has 0 spiro atoms. The molecule has 3 rings (SSSR count). The molecule has 0 aliphatic carbocycles. The van der Waals surface area contributed by atoms with Crippen molar-refractivity contribution in [3.05, 3.63) is 33.9 Å². The van der Waals surface area contributed by atoms with Gasteiger partial charge in [0.05, 0.1) is 5.39 Å². The smallest absolute Gasteiger partial charge is 0.341 e. The van der Waals surface area contributed by atoms with Gasteiger partial charge in [-0.3, -0.25) is 9.69 Å². The molecular weight excluding hydrogens is 339 g/mol. The first-order valence-corrected chi connectivity index (χ1v) is 8.79. The third kappa shape index (κ3) is 3.16. The Morgan fingerprint density at radius 1 is 1.31 bits per heavy atom. The van der Waals surface area contributed by atoms with Crippen LogP contribution in [-0.4, -0.2) is 57.7 Å². The molecule has 0 aromatic carbocycles. The summed E-state index contributed by atoms with van der Waals surface area (Å²) in [7, 11) is 0. The van der Waals surface area contributed by atoms with E-state index < -0.39 is 17.2 Å². The van der Waals surface area contributed by atoms with Crippen molar-refractivity contribution in [1.82, 2.24) is 14.5 Å². The summed E-state index contributed by atoms with van der Waals surface area (Å²) in [5.41, 5.74) is -0.774. The van der Waals surface area contributed by atoms with E-state index in [0.29, 0.717) is 31.3 Å².